The molecule has 130 valence electrons. The van der Waals surface area contributed by atoms with E-state index in [2.05, 4.69) is 5.32 Å². The summed E-state index contributed by atoms with van der Waals surface area (Å²) in [6.45, 7) is 2.80. The van der Waals surface area contributed by atoms with Crippen LogP contribution in [0.5, 0.6) is 5.75 Å². The summed E-state index contributed by atoms with van der Waals surface area (Å²) in [4.78, 5) is 12.9. The van der Waals surface area contributed by atoms with E-state index >= 15 is 0 Å². The first-order valence-electron chi connectivity index (χ1n) is 9.26. The van der Waals surface area contributed by atoms with Crippen LogP contribution in [0.2, 0.25) is 0 Å². The summed E-state index contributed by atoms with van der Waals surface area (Å²) >= 11 is 0. The summed E-state index contributed by atoms with van der Waals surface area (Å²) in [7, 11) is 1.65. The van der Waals surface area contributed by atoms with Crippen molar-refractivity contribution < 1.29 is 14.3 Å². The van der Waals surface area contributed by atoms with Crippen molar-refractivity contribution in [1.29, 1.82) is 0 Å². The van der Waals surface area contributed by atoms with Gasteiger partial charge in [0.05, 0.1) is 13.2 Å². The molecule has 4 nitrogen and oxygen atoms in total. The molecule has 4 atom stereocenters. The standard InChI is InChI=1S/C20H27NO3/c1-12-14(8-5-9-16(12)23-2)20(22)21-18-15-10-11-24-19(15)17(18)13-6-3-4-7-13/h5,8-9,13,15,17-19H,3-4,6-7,10-11H2,1-2H3,(H,21,22)/t15-,17+,18+,19-/m0/s1. The van der Waals surface area contributed by atoms with Crippen molar-refractivity contribution in [3.05, 3.63) is 29.3 Å². The quantitative estimate of drug-likeness (QED) is 0.922. The number of nitrogens with one attached hydrogen (secondary N) is 1. The van der Waals surface area contributed by atoms with Crippen LogP contribution < -0.4 is 10.1 Å². The van der Waals surface area contributed by atoms with Gasteiger partial charge in [0.15, 0.2) is 0 Å². The van der Waals surface area contributed by atoms with Crippen LogP contribution in [0.4, 0.5) is 0 Å². The predicted molar refractivity (Wildman–Crippen MR) is 92.3 cm³/mol. The topological polar surface area (TPSA) is 47.6 Å². The Balaban J connectivity index is 1.52. The van der Waals surface area contributed by atoms with Gasteiger partial charge in [0.1, 0.15) is 5.75 Å². The molecule has 4 rings (SSSR count). The van der Waals surface area contributed by atoms with E-state index < -0.39 is 0 Å². The summed E-state index contributed by atoms with van der Waals surface area (Å²) in [5.41, 5.74) is 1.63. The third-order valence-electron chi connectivity index (χ3n) is 6.43. The number of benzene rings is 1. The lowest BCUT2D eigenvalue weighted by Crippen LogP contribution is -2.63. The molecular formula is C20H27NO3. The summed E-state index contributed by atoms with van der Waals surface area (Å²) in [6, 6.07) is 5.95. The highest BCUT2D eigenvalue weighted by Crippen LogP contribution is 2.51. The molecule has 0 radical (unpaired) electrons. The van der Waals surface area contributed by atoms with Gasteiger partial charge < -0.3 is 14.8 Å². The Hall–Kier alpha value is -1.55. The molecule has 24 heavy (non-hydrogen) atoms. The molecule has 2 aliphatic carbocycles. The minimum absolute atomic E-state index is 0.0322. The van der Waals surface area contributed by atoms with Gasteiger partial charge in [-0.25, -0.2) is 0 Å². The molecule has 0 aromatic heterocycles. The summed E-state index contributed by atoms with van der Waals surface area (Å²) in [5.74, 6) is 2.54. The maximum Gasteiger partial charge on any atom is 0.251 e. The molecule has 2 saturated carbocycles. The van der Waals surface area contributed by atoms with E-state index in [1.807, 2.05) is 25.1 Å². The largest absolute Gasteiger partial charge is 0.496 e. The Labute approximate surface area is 143 Å². The van der Waals surface area contributed by atoms with Crippen LogP contribution in [0.15, 0.2) is 18.2 Å². The van der Waals surface area contributed by atoms with Gasteiger partial charge >= 0.3 is 0 Å². The maximum absolute atomic E-state index is 12.9. The van der Waals surface area contributed by atoms with E-state index in [4.69, 9.17) is 9.47 Å². The molecule has 3 fully saturated rings. The zero-order valence-corrected chi connectivity index (χ0v) is 14.6. The number of carbonyl (C=O) groups excluding carboxylic acids is 1. The lowest BCUT2D eigenvalue weighted by Gasteiger charge is -2.50. The predicted octanol–water partition coefficient (Wildman–Crippen LogP) is 3.33. The van der Waals surface area contributed by atoms with Crippen LogP contribution in [0.3, 0.4) is 0 Å². The molecular weight excluding hydrogens is 302 g/mol. The van der Waals surface area contributed by atoms with Gasteiger partial charge in [-0.3, -0.25) is 4.79 Å². The molecule has 0 unspecified atom stereocenters. The van der Waals surface area contributed by atoms with E-state index in [1.165, 1.54) is 25.7 Å². The first kappa shape index (κ1) is 15.9. The Bertz CT molecular complexity index is 619. The fourth-order valence-electron chi connectivity index (χ4n) is 5.17. The summed E-state index contributed by atoms with van der Waals surface area (Å²) in [6.07, 6.45) is 6.70. The second kappa shape index (κ2) is 6.40. The Morgan fingerprint density at radius 2 is 2.04 bits per heavy atom. The number of methoxy groups -OCH3 is 1. The number of fused-ring (bicyclic) bond motifs is 1. The second-order valence-electron chi connectivity index (χ2n) is 7.54. The third kappa shape index (κ3) is 2.52. The van der Waals surface area contributed by atoms with E-state index in [9.17, 15) is 4.79 Å². The minimum atomic E-state index is 0.0322. The van der Waals surface area contributed by atoms with Crippen LogP contribution in [0.1, 0.15) is 48.0 Å². The van der Waals surface area contributed by atoms with Crippen LogP contribution in [0, 0.1) is 24.7 Å². The number of rotatable bonds is 4. The molecule has 1 aromatic rings. The van der Waals surface area contributed by atoms with Crippen LogP contribution in [-0.2, 0) is 4.74 Å². The summed E-state index contributed by atoms with van der Waals surface area (Å²) < 4.78 is 11.3. The smallest absolute Gasteiger partial charge is 0.251 e. The van der Waals surface area contributed by atoms with Crippen LogP contribution >= 0.6 is 0 Å². The van der Waals surface area contributed by atoms with Gasteiger partial charge in [0, 0.05) is 35.6 Å². The summed E-state index contributed by atoms with van der Waals surface area (Å²) in [5, 5.41) is 3.35. The van der Waals surface area contributed by atoms with Gasteiger partial charge in [0.25, 0.3) is 5.91 Å². The Morgan fingerprint density at radius 1 is 1.25 bits per heavy atom. The van der Waals surface area contributed by atoms with Crippen molar-refractivity contribution in [2.75, 3.05) is 13.7 Å². The highest BCUT2D eigenvalue weighted by molar-refractivity contribution is 5.96. The van der Waals surface area contributed by atoms with Gasteiger partial charge in [-0.1, -0.05) is 31.7 Å². The molecule has 1 N–H and O–H groups in total. The monoisotopic (exact) mass is 329 g/mol. The first-order chi connectivity index (χ1) is 11.7. The number of hydrogen-bond donors (Lipinski definition) is 1. The number of hydrogen-bond acceptors (Lipinski definition) is 3. The van der Waals surface area contributed by atoms with Crippen LogP contribution in [-0.4, -0.2) is 31.8 Å². The molecule has 1 saturated heterocycles. The van der Waals surface area contributed by atoms with Gasteiger partial charge in [-0.05, 0) is 31.4 Å². The average Bonchev–Trinajstić information content (AvgIpc) is 3.24. The van der Waals surface area contributed by atoms with Gasteiger partial charge in [-0.2, -0.15) is 0 Å². The SMILES string of the molecule is COc1cccc(C(=O)N[C@@H]2[C@@H]3CCO[C@@H]3[C@@H]2C2CCCC2)c1C. The highest BCUT2D eigenvalue weighted by atomic mass is 16.5. The molecule has 1 heterocycles. The Kier molecular flexibility index (Phi) is 4.25. The molecule has 0 bridgehead atoms. The van der Waals surface area contributed by atoms with Gasteiger partial charge in [-0.15, -0.1) is 0 Å². The highest BCUT2D eigenvalue weighted by Gasteiger charge is 2.57. The first-order valence-corrected chi connectivity index (χ1v) is 9.26. The number of amides is 1. The molecule has 1 aromatic carbocycles. The number of ether oxygens (including phenoxy) is 2. The Morgan fingerprint density at radius 3 is 2.79 bits per heavy atom. The third-order valence-corrected chi connectivity index (χ3v) is 6.43. The zero-order valence-electron chi connectivity index (χ0n) is 14.6. The molecule has 4 heteroatoms. The van der Waals surface area contributed by atoms with Crippen LogP contribution in [0.25, 0.3) is 0 Å². The minimum Gasteiger partial charge on any atom is -0.496 e. The van der Waals surface area contributed by atoms with Crippen molar-refractivity contribution in [2.45, 2.75) is 51.2 Å². The van der Waals surface area contributed by atoms with E-state index in [0.29, 0.717) is 17.9 Å². The maximum atomic E-state index is 12.9. The van der Waals surface area contributed by atoms with E-state index in [0.717, 1.165) is 35.8 Å². The van der Waals surface area contributed by atoms with Crippen molar-refractivity contribution >= 4 is 5.91 Å². The van der Waals surface area contributed by atoms with Crippen molar-refractivity contribution in [3.8, 4) is 5.75 Å². The number of carbonyl (C=O) groups is 1. The van der Waals surface area contributed by atoms with E-state index in [1.54, 1.807) is 7.11 Å². The molecule has 1 amide bonds. The fourth-order valence-corrected chi connectivity index (χ4v) is 5.17. The second-order valence-corrected chi connectivity index (χ2v) is 7.54. The molecule has 3 aliphatic rings. The fraction of sp³-hybridized carbons (Fsp3) is 0.650. The normalized spacial score (nSPS) is 32.2. The zero-order chi connectivity index (χ0) is 16.7. The lowest BCUT2D eigenvalue weighted by atomic mass is 9.61. The molecule has 0 spiro atoms. The van der Waals surface area contributed by atoms with Crippen molar-refractivity contribution in [2.24, 2.45) is 17.8 Å². The van der Waals surface area contributed by atoms with Crippen molar-refractivity contribution in [1.82, 2.24) is 5.32 Å². The van der Waals surface area contributed by atoms with E-state index in [-0.39, 0.29) is 11.9 Å². The van der Waals surface area contributed by atoms with Gasteiger partial charge in [0.2, 0.25) is 0 Å². The average molecular weight is 329 g/mol. The van der Waals surface area contributed by atoms with Crippen molar-refractivity contribution in [3.63, 3.8) is 0 Å². The lowest BCUT2D eigenvalue weighted by molar-refractivity contribution is -0.0784. The molecule has 1 aliphatic heterocycles.